The molecule has 0 saturated carbocycles. The van der Waals surface area contributed by atoms with Crippen LogP contribution < -0.4 is 10.9 Å². The van der Waals surface area contributed by atoms with Crippen LogP contribution in [0.3, 0.4) is 0 Å². The number of thioether (sulfide) groups is 1. The van der Waals surface area contributed by atoms with Crippen molar-refractivity contribution in [2.45, 2.75) is 13.5 Å². The van der Waals surface area contributed by atoms with Gasteiger partial charge in [0.2, 0.25) is 0 Å². The monoisotopic (exact) mass is 291 g/mol. The van der Waals surface area contributed by atoms with Gasteiger partial charge < -0.3 is 5.32 Å². The number of halogens is 1. The average Bonchev–Trinajstić information content (AvgIpc) is 2.25. The molecule has 0 unspecified atom stereocenters. The van der Waals surface area contributed by atoms with E-state index in [1.807, 2.05) is 13.2 Å². The second-order valence-electron chi connectivity index (χ2n) is 2.91. The number of hydrogen-bond donors (Lipinski definition) is 1. The van der Waals surface area contributed by atoms with Crippen LogP contribution >= 0.6 is 27.7 Å². The first-order chi connectivity index (χ1) is 7.20. The number of nitrogens with zero attached hydrogens (tertiary/aromatic N) is 2. The van der Waals surface area contributed by atoms with Crippen molar-refractivity contribution in [1.82, 2.24) is 9.78 Å². The van der Waals surface area contributed by atoms with E-state index in [0.29, 0.717) is 11.0 Å². The number of anilines is 1. The van der Waals surface area contributed by atoms with Gasteiger partial charge in [-0.25, -0.2) is 4.68 Å². The van der Waals surface area contributed by atoms with Gasteiger partial charge in [0.15, 0.2) is 0 Å². The summed E-state index contributed by atoms with van der Waals surface area (Å²) in [6.45, 7) is 3.31. The molecule has 1 N–H and O–H groups in total. The Bertz CT molecular complexity index is 380. The van der Waals surface area contributed by atoms with Crippen LogP contribution in [0.15, 0.2) is 15.5 Å². The van der Waals surface area contributed by atoms with Gasteiger partial charge in [-0.15, -0.1) is 0 Å². The van der Waals surface area contributed by atoms with E-state index >= 15 is 0 Å². The lowest BCUT2D eigenvalue weighted by Gasteiger charge is -2.08. The fraction of sp³-hybridized carbons (Fsp3) is 0.556. The molecule has 0 radical (unpaired) electrons. The van der Waals surface area contributed by atoms with Crippen molar-refractivity contribution >= 4 is 33.4 Å². The molecule has 1 aromatic heterocycles. The molecule has 6 heteroatoms. The Hall–Kier alpha value is -0.490. The molecule has 0 aliphatic rings. The molecule has 15 heavy (non-hydrogen) atoms. The molecule has 0 aromatic carbocycles. The molecule has 1 aromatic rings. The van der Waals surface area contributed by atoms with Crippen molar-refractivity contribution in [3.63, 3.8) is 0 Å². The molecule has 0 amide bonds. The highest BCUT2D eigenvalue weighted by atomic mass is 79.9. The van der Waals surface area contributed by atoms with Gasteiger partial charge in [-0.2, -0.15) is 16.9 Å². The summed E-state index contributed by atoms with van der Waals surface area (Å²) in [7, 11) is 0. The summed E-state index contributed by atoms with van der Waals surface area (Å²) in [5, 5.41) is 7.20. The third-order valence-corrected chi connectivity index (χ3v) is 3.28. The van der Waals surface area contributed by atoms with Crippen LogP contribution in [0.25, 0.3) is 0 Å². The Morgan fingerprint density at radius 2 is 2.40 bits per heavy atom. The lowest BCUT2D eigenvalue weighted by atomic mass is 10.4. The first kappa shape index (κ1) is 12.6. The molecular weight excluding hydrogens is 278 g/mol. The van der Waals surface area contributed by atoms with E-state index in [2.05, 4.69) is 26.3 Å². The Morgan fingerprint density at radius 3 is 3.00 bits per heavy atom. The van der Waals surface area contributed by atoms with E-state index in [-0.39, 0.29) is 5.56 Å². The minimum absolute atomic E-state index is 0.0911. The smallest absolute Gasteiger partial charge is 0.283 e. The molecule has 0 atom stereocenters. The van der Waals surface area contributed by atoms with Crippen LogP contribution in [-0.4, -0.2) is 28.3 Å². The number of hydrogen-bond acceptors (Lipinski definition) is 4. The highest BCUT2D eigenvalue weighted by Crippen LogP contribution is 2.15. The zero-order valence-corrected chi connectivity index (χ0v) is 11.2. The minimum Gasteiger partial charge on any atom is -0.382 e. The number of nitrogens with one attached hydrogen (secondary N) is 1. The Balaban J connectivity index is 2.82. The fourth-order valence-electron chi connectivity index (χ4n) is 1.10. The molecule has 1 rings (SSSR count). The molecule has 0 saturated heterocycles. The van der Waals surface area contributed by atoms with Gasteiger partial charge in [0, 0.05) is 18.8 Å². The summed E-state index contributed by atoms with van der Waals surface area (Å²) < 4.78 is 1.98. The maximum atomic E-state index is 11.7. The quantitative estimate of drug-likeness (QED) is 0.841. The summed E-state index contributed by atoms with van der Waals surface area (Å²) in [6, 6.07) is 0. The van der Waals surface area contributed by atoms with Crippen molar-refractivity contribution in [3.05, 3.63) is 21.0 Å². The standard InChI is InChI=1S/C9H14BrN3OS/c1-3-13-9(14)8(10)7(6-12-13)11-4-5-15-2/h6,11H,3-5H2,1-2H3. The Labute approximate surface area is 102 Å². The van der Waals surface area contributed by atoms with Crippen LogP contribution in [0.5, 0.6) is 0 Å². The zero-order valence-electron chi connectivity index (χ0n) is 8.79. The van der Waals surface area contributed by atoms with Gasteiger partial charge in [0.25, 0.3) is 5.56 Å². The number of rotatable bonds is 5. The lowest BCUT2D eigenvalue weighted by Crippen LogP contribution is -2.23. The third kappa shape index (κ3) is 3.24. The van der Waals surface area contributed by atoms with Crippen molar-refractivity contribution in [1.29, 1.82) is 0 Å². The second-order valence-corrected chi connectivity index (χ2v) is 4.69. The molecule has 1 heterocycles. The highest BCUT2D eigenvalue weighted by molar-refractivity contribution is 9.10. The predicted molar refractivity (Wildman–Crippen MR) is 68.7 cm³/mol. The summed E-state index contributed by atoms with van der Waals surface area (Å²) in [5.41, 5.74) is 0.672. The predicted octanol–water partition coefficient (Wildman–Crippen LogP) is 1.80. The molecule has 4 nitrogen and oxygen atoms in total. The summed E-state index contributed by atoms with van der Waals surface area (Å²) in [5.74, 6) is 1.00. The molecule has 0 bridgehead atoms. The van der Waals surface area contributed by atoms with Crippen LogP contribution in [0, 0.1) is 0 Å². The molecule has 0 spiro atoms. The molecule has 0 aliphatic carbocycles. The van der Waals surface area contributed by atoms with Crippen molar-refractivity contribution in [3.8, 4) is 0 Å². The van der Waals surface area contributed by atoms with Gasteiger partial charge in [-0.1, -0.05) is 0 Å². The first-order valence-electron chi connectivity index (χ1n) is 4.69. The van der Waals surface area contributed by atoms with E-state index in [4.69, 9.17) is 0 Å². The minimum atomic E-state index is -0.0911. The topological polar surface area (TPSA) is 46.9 Å². The van der Waals surface area contributed by atoms with Crippen LogP contribution in [0.1, 0.15) is 6.92 Å². The summed E-state index contributed by atoms with van der Waals surface area (Å²) in [4.78, 5) is 11.7. The normalized spacial score (nSPS) is 10.3. The van der Waals surface area contributed by atoms with Crippen LogP contribution in [-0.2, 0) is 6.54 Å². The van der Waals surface area contributed by atoms with E-state index in [1.165, 1.54) is 4.68 Å². The van der Waals surface area contributed by atoms with Crippen LogP contribution in [0.2, 0.25) is 0 Å². The van der Waals surface area contributed by atoms with Crippen molar-refractivity contribution in [2.75, 3.05) is 23.9 Å². The Kier molecular flexibility index (Phi) is 5.17. The van der Waals surface area contributed by atoms with E-state index in [1.54, 1.807) is 18.0 Å². The summed E-state index contributed by atoms with van der Waals surface area (Å²) in [6.07, 6.45) is 3.72. The van der Waals surface area contributed by atoms with Gasteiger partial charge in [-0.3, -0.25) is 4.79 Å². The largest absolute Gasteiger partial charge is 0.382 e. The van der Waals surface area contributed by atoms with Gasteiger partial charge in [-0.05, 0) is 29.1 Å². The van der Waals surface area contributed by atoms with E-state index < -0.39 is 0 Å². The third-order valence-electron chi connectivity index (χ3n) is 1.91. The number of aromatic nitrogens is 2. The lowest BCUT2D eigenvalue weighted by molar-refractivity contribution is 0.613. The maximum absolute atomic E-state index is 11.7. The van der Waals surface area contributed by atoms with Gasteiger partial charge in [0.05, 0.1) is 11.9 Å². The van der Waals surface area contributed by atoms with Crippen molar-refractivity contribution < 1.29 is 0 Å². The molecule has 0 aliphatic heterocycles. The molecule has 84 valence electrons. The SMILES string of the molecule is CCn1ncc(NCCSC)c(Br)c1=O. The maximum Gasteiger partial charge on any atom is 0.283 e. The van der Waals surface area contributed by atoms with Gasteiger partial charge in [0.1, 0.15) is 4.47 Å². The summed E-state index contributed by atoms with van der Waals surface area (Å²) >= 11 is 5.04. The molecule has 0 fully saturated rings. The van der Waals surface area contributed by atoms with E-state index in [0.717, 1.165) is 18.0 Å². The first-order valence-corrected chi connectivity index (χ1v) is 6.87. The fourth-order valence-corrected chi connectivity index (χ4v) is 1.85. The Morgan fingerprint density at radius 1 is 1.67 bits per heavy atom. The highest BCUT2D eigenvalue weighted by Gasteiger charge is 2.06. The van der Waals surface area contributed by atoms with Gasteiger partial charge >= 0.3 is 0 Å². The van der Waals surface area contributed by atoms with E-state index in [9.17, 15) is 4.79 Å². The second kappa shape index (κ2) is 6.17. The average molecular weight is 292 g/mol. The zero-order chi connectivity index (χ0) is 11.3. The van der Waals surface area contributed by atoms with Crippen LogP contribution in [0.4, 0.5) is 5.69 Å². The number of aryl methyl sites for hydroxylation is 1. The molecular formula is C9H14BrN3OS. The van der Waals surface area contributed by atoms with Crippen molar-refractivity contribution in [2.24, 2.45) is 0 Å².